The molecule has 5 nitrogen and oxygen atoms in total. The zero-order chi connectivity index (χ0) is 15.2. The van der Waals surface area contributed by atoms with Crippen molar-refractivity contribution in [2.75, 3.05) is 5.32 Å². The maximum atomic E-state index is 11.9. The fraction of sp³-hybridized carbons (Fsp3) is 0. The van der Waals surface area contributed by atoms with Crippen LogP contribution in [0.1, 0.15) is 10.4 Å². The number of carbonyl (C=O) groups is 1. The number of thiocarbonyl (C=S) groups is 1. The molecule has 0 aliphatic carbocycles. The fourth-order valence-electron chi connectivity index (χ4n) is 1.59. The van der Waals surface area contributed by atoms with Gasteiger partial charge in [0.1, 0.15) is 0 Å². The quantitative estimate of drug-likeness (QED) is 0.594. The lowest BCUT2D eigenvalue weighted by molar-refractivity contribution is 0.0977. The lowest BCUT2D eigenvalue weighted by Gasteiger charge is -2.09. The number of hydrogen-bond donors (Lipinski definition) is 3. The van der Waals surface area contributed by atoms with Crippen LogP contribution in [0, 0.1) is 0 Å². The highest BCUT2D eigenvalue weighted by Crippen LogP contribution is 2.10. The van der Waals surface area contributed by atoms with E-state index in [1.807, 2.05) is 6.07 Å². The maximum Gasteiger partial charge on any atom is 0.257 e. The zero-order valence-electron chi connectivity index (χ0n) is 10.8. The molecule has 2 aromatic carbocycles. The molecule has 0 atom stereocenters. The highest BCUT2D eigenvalue weighted by molar-refractivity contribution is 7.80. The minimum absolute atomic E-state index is 0.142. The topological polar surface area (TPSA) is 75.3 Å². The molecule has 0 bridgehead atoms. The van der Waals surface area contributed by atoms with Crippen molar-refractivity contribution >= 4 is 39.6 Å². The summed E-state index contributed by atoms with van der Waals surface area (Å²) in [7, 11) is -2.60. The molecule has 0 spiro atoms. The number of benzene rings is 2. The summed E-state index contributed by atoms with van der Waals surface area (Å²) in [5.74, 6) is -0.313. The Labute approximate surface area is 128 Å². The normalized spacial score (nSPS) is 10.1. The van der Waals surface area contributed by atoms with Gasteiger partial charge in [0.05, 0.1) is 4.90 Å². The third-order valence-electron chi connectivity index (χ3n) is 2.60. The Morgan fingerprint density at radius 2 is 1.57 bits per heavy atom. The predicted molar refractivity (Wildman–Crippen MR) is 85.2 cm³/mol. The van der Waals surface area contributed by atoms with Gasteiger partial charge in [-0.05, 0) is 48.6 Å². The second-order valence-electron chi connectivity index (χ2n) is 4.08. The van der Waals surface area contributed by atoms with Crippen LogP contribution in [-0.4, -0.2) is 19.4 Å². The van der Waals surface area contributed by atoms with Crippen molar-refractivity contribution in [3.63, 3.8) is 0 Å². The van der Waals surface area contributed by atoms with Crippen LogP contribution < -0.4 is 10.6 Å². The first kappa shape index (κ1) is 15.1. The van der Waals surface area contributed by atoms with Gasteiger partial charge in [-0.2, -0.15) is 0 Å². The highest BCUT2D eigenvalue weighted by atomic mass is 32.2. The summed E-state index contributed by atoms with van der Waals surface area (Å²) < 4.78 is 21.5. The first-order valence-corrected chi connectivity index (χ1v) is 7.56. The summed E-state index contributed by atoms with van der Waals surface area (Å²) in [5, 5.41) is 5.50. The Morgan fingerprint density at radius 1 is 0.952 bits per heavy atom. The average Bonchev–Trinajstić information content (AvgIpc) is 2.48. The lowest BCUT2D eigenvalue weighted by atomic mass is 10.2. The summed E-state index contributed by atoms with van der Waals surface area (Å²) in [6.45, 7) is 0. The second-order valence-corrected chi connectivity index (χ2v) is 5.52. The van der Waals surface area contributed by atoms with E-state index >= 15 is 0 Å². The molecule has 2 N–H and O–H groups in total. The van der Waals surface area contributed by atoms with Crippen LogP contribution in [0.4, 0.5) is 5.69 Å². The molecule has 7 heteroatoms. The number of anilines is 1. The van der Waals surface area contributed by atoms with Gasteiger partial charge < -0.3 is 5.32 Å². The first-order valence-electron chi connectivity index (χ1n) is 5.98. The largest absolute Gasteiger partial charge is 0.332 e. The van der Waals surface area contributed by atoms with Crippen molar-refractivity contribution in [1.82, 2.24) is 5.32 Å². The van der Waals surface area contributed by atoms with E-state index in [1.165, 1.54) is 12.1 Å². The van der Waals surface area contributed by atoms with E-state index in [0.29, 0.717) is 11.3 Å². The molecule has 0 saturated heterocycles. The van der Waals surface area contributed by atoms with E-state index in [0.717, 1.165) is 0 Å². The minimum atomic E-state index is -2.60. The molecule has 2 aromatic rings. The summed E-state index contributed by atoms with van der Waals surface area (Å²) in [6, 6.07) is 14.7. The Morgan fingerprint density at radius 3 is 2.14 bits per heavy atom. The van der Waals surface area contributed by atoms with Crippen LogP contribution in [0.2, 0.25) is 0 Å². The maximum absolute atomic E-state index is 11.9. The smallest absolute Gasteiger partial charge is 0.257 e. The van der Waals surface area contributed by atoms with Gasteiger partial charge in [-0.3, -0.25) is 10.1 Å². The van der Waals surface area contributed by atoms with Crippen LogP contribution in [0.15, 0.2) is 59.5 Å². The van der Waals surface area contributed by atoms with Crippen LogP contribution in [0.25, 0.3) is 0 Å². The Bertz CT molecular complexity index is 718. The summed E-state index contributed by atoms with van der Waals surface area (Å²) >= 11 is 5.03. The standard InChI is InChI=1S/C14H12N2O3S2/c17-13(10-4-2-1-3-5-10)16-14(20)15-11-6-8-12(9-7-11)21(18)19/h1-9,21H,(H2,15,16,17,20). The van der Waals surface area contributed by atoms with Gasteiger partial charge in [0.25, 0.3) is 5.91 Å². The second kappa shape index (κ2) is 6.96. The van der Waals surface area contributed by atoms with Gasteiger partial charge >= 0.3 is 0 Å². The fourth-order valence-corrected chi connectivity index (χ4v) is 2.20. The van der Waals surface area contributed by atoms with Gasteiger partial charge in [-0.1, -0.05) is 18.2 Å². The first-order chi connectivity index (χ1) is 10.1. The molecule has 108 valence electrons. The molecule has 0 unspecified atom stereocenters. The Hall–Kier alpha value is -2.25. The molecule has 1 amide bonds. The monoisotopic (exact) mass is 320 g/mol. The third kappa shape index (κ3) is 4.37. The van der Waals surface area contributed by atoms with E-state index in [-0.39, 0.29) is 15.9 Å². The number of amides is 1. The van der Waals surface area contributed by atoms with Crippen molar-refractivity contribution in [3.05, 3.63) is 60.2 Å². The number of carbonyl (C=O) groups excluding carboxylic acids is 1. The number of thiol groups is 1. The van der Waals surface area contributed by atoms with Crippen molar-refractivity contribution < 1.29 is 13.2 Å². The average molecular weight is 320 g/mol. The van der Waals surface area contributed by atoms with Gasteiger partial charge in [0.15, 0.2) is 15.8 Å². The molecule has 0 fully saturated rings. The van der Waals surface area contributed by atoms with Crippen molar-refractivity contribution in [1.29, 1.82) is 0 Å². The van der Waals surface area contributed by atoms with Crippen molar-refractivity contribution in [2.45, 2.75) is 4.90 Å². The number of rotatable bonds is 3. The van der Waals surface area contributed by atoms with Gasteiger partial charge in [0, 0.05) is 11.3 Å². The molecule has 0 radical (unpaired) electrons. The molecule has 0 aliphatic heterocycles. The van der Waals surface area contributed by atoms with Crippen LogP contribution in [0.5, 0.6) is 0 Å². The van der Waals surface area contributed by atoms with Gasteiger partial charge in [-0.25, -0.2) is 8.42 Å². The minimum Gasteiger partial charge on any atom is -0.332 e. The molecule has 0 saturated carbocycles. The number of hydrogen-bond acceptors (Lipinski definition) is 4. The third-order valence-corrected chi connectivity index (χ3v) is 3.52. The molecule has 0 aliphatic rings. The molecule has 0 aromatic heterocycles. The van der Waals surface area contributed by atoms with E-state index in [2.05, 4.69) is 10.6 Å². The van der Waals surface area contributed by atoms with Gasteiger partial charge in [-0.15, -0.1) is 0 Å². The molecular formula is C14H12N2O3S2. The van der Waals surface area contributed by atoms with E-state index in [9.17, 15) is 13.2 Å². The lowest BCUT2D eigenvalue weighted by Crippen LogP contribution is -2.34. The highest BCUT2D eigenvalue weighted by Gasteiger charge is 2.07. The van der Waals surface area contributed by atoms with E-state index < -0.39 is 10.7 Å². The van der Waals surface area contributed by atoms with E-state index in [4.69, 9.17) is 12.2 Å². The molecule has 0 heterocycles. The Kier molecular flexibility index (Phi) is 5.02. The van der Waals surface area contributed by atoms with Gasteiger partial charge in [0.2, 0.25) is 0 Å². The molecule has 2 rings (SSSR count). The van der Waals surface area contributed by atoms with Crippen molar-refractivity contribution in [2.24, 2.45) is 0 Å². The predicted octanol–water partition coefficient (Wildman–Crippen LogP) is 1.78. The SMILES string of the molecule is O=C(NC(=S)Nc1ccc([SH](=O)=O)cc1)c1ccccc1. The molecular weight excluding hydrogens is 308 g/mol. The Balaban J connectivity index is 1.97. The summed E-state index contributed by atoms with van der Waals surface area (Å²) in [4.78, 5) is 12.1. The summed E-state index contributed by atoms with van der Waals surface area (Å²) in [6.07, 6.45) is 0. The van der Waals surface area contributed by atoms with Crippen molar-refractivity contribution in [3.8, 4) is 0 Å². The zero-order valence-corrected chi connectivity index (χ0v) is 12.5. The van der Waals surface area contributed by atoms with Crippen LogP contribution in [-0.2, 0) is 10.7 Å². The van der Waals surface area contributed by atoms with Crippen LogP contribution in [0.3, 0.4) is 0 Å². The summed E-state index contributed by atoms with van der Waals surface area (Å²) in [5.41, 5.74) is 1.09. The number of nitrogens with one attached hydrogen (secondary N) is 2. The molecule has 21 heavy (non-hydrogen) atoms. The van der Waals surface area contributed by atoms with Crippen LogP contribution >= 0.6 is 12.2 Å². The van der Waals surface area contributed by atoms with E-state index in [1.54, 1.807) is 36.4 Å².